The normalized spacial score (nSPS) is 17.2. The molecule has 0 bridgehead atoms. The van der Waals surface area contributed by atoms with Gasteiger partial charge in [-0.15, -0.1) is 0 Å². The van der Waals surface area contributed by atoms with Crippen LogP contribution in [0.25, 0.3) is 0 Å². The van der Waals surface area contributed by atoms with E-state index < -0.39 is 23.6 Å². The van der Waals surface area contributed by atoms with Crippen molar-refractivity contribution in [3.05, 3.63) is 23.8 Å². The molecule has 1 saturated heterocycles. The van der Waals surface area contributed by atoms with E-state index >= 15 is 0 Å². The number of alkyl halides is 3. The molecule has 0 spiro atoms. The molecule has 1 aromatic rings. The number of anilines is 2. The summed E-state index contributed by atoms with van der Waals surface area (Å²) in [6.45, 7) is 0.804. The molecular formula is C16H20F3N3O3. The van der Waals surface area contributed by atoms with Crippen molar-refractivity contribution in [3.8, 4) is 0 Å². The second-order valence-electron chi connectivity index (χ2n) is 5.92. The topological polar surface area (TPSA) is 70.7 Å². The van der Waals surface area contributed by atoms with Gasteiger partial charge in [0.1, 0.15) is 0 Å². The molecule has 9 heteroatoms. The van der Waals surface area contributed by atoms with Gasteiger partial charge >= 0.3 is 18.0 Å². The first-order chi connectivity index (χ1) is 11.7. The van der Waals surface area contributed by atoms with Crippen molar-refractivity contribution in [3.63, 3.8) is 0 Å². The van der Waals surface area contributed by atoms with E-state index in [0.29, 0.717) is 12.3 Å². The molecular weight excluding hydrogens is 339 g/mol. The van der Waals surface area contributed by atoms with Gasteiger partial charge in [0, 0.05) is 27.2 Å². The van der Waals surface area contributed by atoms with Crippen LogP contribution in [0.4, 0.5) is 24.5 Å². The van der Waals surface area contributed by atoms with Crippen LogP contribution in [0.1, 0.15) is 18.4 Å². The van der Waals surface area contributed by atoms with Crippen LogP contribution in [-0.2, 0) is 20.5 Å². The maximum absolute atomic E-state index is 12.9. The first-order valence-electron chi connectivity index (χ1n) is 7.78. The van der Waals surface area contributed by atoms with Crippen molar-refractivity contribution in [2.45, 2.75) is 25.1 Å². The zero-order valence-electron chi connectivity index (χ0n) is 13.9. The van der Waals surface area contributed by atoms with Crippen LogP contribution in [0.2, 0.25) is 0 Å². The van der Waals surface area contributed by atoms with Gasteiger partial charge in [-0.2, -0.15) is 13.2 Å². The number of hydrogen-bond acceptors (Lipinski definition) is 4. The smallest absolute Gasteiger partial charge is 0.376 e. The second-order valence-corrected chi connectivity index (χ2v) is 5.92. The maximum Gasteiger partial charge on any atom is 0.416 e. The van der Waals surface area contributed by atoms with E-state index in [1.807, 2.05) is 0 Å². The third kappa shape index (κ3) is 5.09. The Morgan fingerprint density at radius 2 is 2.00 bits per heavy atom. The highest BCUT2D eigenvalue weighted by atomic mass is 19.4. The fourth-order valence-corrected chi connectivity index (χ4v) is 2.47. The lowest BCUT2D eigenvalue weighted by molar-refractivity contribution is -0.137. The number of carbonyl (C=O) groups excluding carboxylic acids is 2. The molecule has 1 fully saturated rings. The first-order valence-corrected chi connectivity index (χ1v) is 7.78. The van der Waals surface area contributed by atoms with Crippen LogP contribution in [0.5, 0.6) is 0 Å². The largest absolute Gasteiger partial charge is 0.416 e. The Kier molecular flexibility index (Phi) is 5.89. The van der Waals surface area contributed by atoms with Gasteiger partial charge in [-0.25, -0.2) is 0 Å². The minimum absolute atomic E-state index is 0.0860. The van der Waals surface area contributed by atoms with Crippen LogP contribution in [0.15, 0.2) is 18.2 Å². The summed E-state index contributed by atoms with van der Waals surface area (Å²) < 4.78 is 43.9. The Morgan fingerprint density at radius 1 is 1.28 bits per heavy atom. The molecule has 6 nitrogen and oxygen atoms in total. The van der Waals surface area contributed by atoms with Gasteiger partial charge in [0.2, 0.25) is 0 Å². The van der Waals surface area contributed by atoms with Gasteiger partial charge in [0.05, 0.1) is 23.0 Å². The van der Waals surface area contributed by atoms with E-state index in [1.165, 1.54) is 6.07 Å². The third-order valence-corrected chi connectivity index (χ3v) is 3.77. The molecule has 0 radical (unpaired) electrons. The molecule has 0 saturated carbocycles. The van der Waals surface area contributed by atoms with Crippen molar-refractivity contribution in [1.29, 1.82) is 0 Å². The van der Waals surface area contributed by atoms with Crippen LogP contribution in [0.3, 0.4) is 0 Å². The van der Waals surface area contributed by atoms with Gasteiger partial charge in [-0.05, 0) is 31.0 Å². The van der Waals surface area contributed by atoms with Gasteiger partial charge in [-0.3, -0.25) is 9.59 Å². The molecule has 1 aliphatic heterocycles. The maximum atomic E-state index is 12.9. The molecule has 1 aromatic carbocycles. The molecule has 2 rings (SSSR count). The number of halogens is 3. The quantitative estimate of drug-likeness (QED) is 0.807. The SMILES string of the molecule is CN(C)c1ccc(C(F)(F)F)cc1NC(=O)C(=O)NCC1CCCO1. The molecule has 138 valence electrons. The number of hydrogen-bond donors (Lipinski definition) is 2. The van der Waals surface area contributed by atoms with Gasteiger partial charge in [-0.1, -0.05) is 0 Å². The Balaban J connectivity index is 2.08. The van der Waals surface area contributed by atoms with Gasteiger partial charge < -0.3 is 20.3 Å². The van der Waals surface area contributed by atoms with E-state index in [2.05, 4.69) is 10.6 Å². The van der Waals surface area contributed by atoms with Crippen LogP contribution < -0.4 is 15.5 Å². The van der Waals surface area contributed by atoms with Crippen molar-refractivity contribution < 1.29 is 27.5 Å². The predicted octanol–water partition coefficient (Wildman–Crippen LogP) is 2.01. The summed E-state index contributed by atoms with van der Waals surface area (Å²) in [4.78, 5) is 25.4. The number of nitrogens with zero attached hydrogens (tertiary/aromatic N) is 1. The number of nitrogens with one attached hydrogen (secondary N) is 2. The van der Waals surface area contributed by atoms with Crippen molar-refractivity contribution in [2.75, 3.05) is 37.5 Å². The molecule has 25 heavy (non-hydrogen) atoms. The zero-order chi connectivity index (χ0) is 18.6. The fraction of sp³-hybridized carbons (Fsp3) is 0.500. The highest BCUT2D eigenvalue weighted by molar-refractivity contribution is 6.40. The number of amides is 2. The standard InChI is InChI=1S/C16H20F3N3O3/c1-22(2)13-6-5-10(16(17,18)19)8-12(13)21-15(24)14(23)20-9-11-4-3-7-25-11/h5-6,8,11H,3-4,7,9H2,1-2H3,(H,20,23)(H,21,24). The summed E-state index contributed by atoms with van der Waals surface area (Å²) in [7, 11) is 3.24. The summed E-state index contributed by atoms with van der Waals surface area (Å²) in [5, 5.41) is 4.67. The molecule has 0 aromatic heterocycles. The number of benzene rings is 1. The van der Waals surface area contributed by atoms with E-state index in [0.717, 1.165) is 25.0 Å². The lowest BCUT2D eigenvalue weighted by Gasteiger charge is -2.19. The fourth-order valence-electron chi connectivity index (χ4n) is 2.47. The van der Waals surface area contributed by atoms with Crippen LogP contribution >= 0.6 is 0 Å². The number of carbonyl (C=O) groups is 2. The second kappa shape index (κ2) is 7.73. The van der Waals surface area contributed by atoms with Crippen molar-refractivity contribution >= 4 is 23.2 Å². The highest BCUT2D eigenvalue weighted by Crippen LogP contribution is 2.34. The third-order valence-electron chi connectivity index (χ3n) is 3.77. The van der Waals surface area contributed by atoms with E-state index in [-0.39, 0.29) is 18.3 Å². The van der Waals surface area contributed by atoms with Crippen LogP contribution in [0, 0.1) is 0 Å². The molecule has 2 amide bonds. The molecule has 1 unspecified atom stereocenters. The summed E-state index contributed by atoms with van der Waals surface area (Å²) in [5.74, 6) is -1.95. The Labute approximate surface area is 143 Å². The summed E-state index contributed by atoms with van der Waals surface area (Å²) in [6, 6.07) is 2.96. The monoisotopic (exact) mass is 359 g/mol. The summed E-state index contributed by atoms with van der Waals surface area (Å²) in [5.41, 5.74) is -0.640. The van der Waals surface area contributed by atoms with E-state index in [1.54, 1.807) is 19.0 Å². The minimum Gasteiger partial charge on any atom is -0.376 e. The zero-order valence-corrected chi connectivity index (χ0v) is 13.9. The number of rotatable bonds is 4. The Bertz CT molecular complexity index is 641. The van der Waals surface area contributed by atoms with Crippen molar-refractivity contribution in [1.82, 2.24) is 5.32 Å². The van der Waals surface area contributed by atoms with Gasteiger partial charge in [0.15, 0.2) is 0 Å². The number of ether oxygens (including phenoxy) is 1. The predicted molar refractivity (Wildman–Crippen MR) is 86.4 cm³/mol. The lowest BCUT2D eigenvalue weighted by atomic mass is 10.1. The molecule has 0 aliphatic carbocycles. The molecule has 2 N–H and O–H groups in total. The van der Waals surface area contributed by atoms with Crippen molar-refractivity contribution in [2.24, 2.45) is 0 Å². The van der Waals surface area contributed by atoms with E-state index in [9.17, 15) is 22.8 Å². The van der Waals surface area contributed by atoms with Crippen LogP contribution in [-0.4, -0.2) is 45.2 Å². The Hall–Kier alpha value is -2.29. The average molecular weight is 359 g/mol. The Morgan fingerprint density at radius 3 is 2.56 bits per heavy atom. The summed E-state index contributed by atoms with van der Waals surface area (Å²) in [6.07, 6.45) is -3.00. The first kappa shape index (κ1) is 19.0. The van der Waals surface area contributed by atoms with Gasteiger partial charge in [0.25, 0.3) is 0 Å². The molecule has 1 aliphatic rings. The average Bonchev–Trinajstić information content (AvgIpc) is 3.04. The molecule has 1 heterocycles. The lowest BCUT2D eigenvalue weighted by Crippen LogP contribution is -2.39. The molecule has 1 atom stereocenters. The minimum atomic E-state index is -4.55. The highest BCUT2D eigenvalue weighted by Gasteiger charge is 2.31. The van der Waals surface area contributed by atoms with E-state index in [4.69, 9.17) is 4.74 Å². The summed E-state index contributed by atoms with van der Waals surface area (Å²) >= 11 is 0.